The Kier molecular flexibility index (Phi) is 5.74. The fourth-order valence-corrected chi connectivity index (χ4v) is 1.99. The van der Waals surface area contributed by atoms with Crippen LogP contribution in [0.3, 0.4) is 0 Å². The molecular weight excluding hydrogens is 290 g/mol. The zero-order chi connectivity index (χ0) is 16.7. The molecule has 0 fully saturated rings. The van der Waals surface area contributed by atoms with Crippen molar-refractivity contribution in [2.75, 3.05) is 12.4 Å². The van der Waals surface area contributed by atoms with E-state index < -0.39 is 0 Å². The Balaban J connectivity index is 1.88. The monoisotopic (exact) mass is 311 g/mol. The van der Waals surface area contributed by atoms with E-state index in [1.807, 2.05) is 55.5 Å². The van der Waals surface area contributed by atoms with Crippen LogP contribution in [0.5, 0.6) is 5.75 Å². The Bertz CT molecular complexity index is 681. The number of para-hydroxylation sites is 1. The minimum Gasteiger partial charge on any atom is -0.497 e. The van der Waals surface area contributed by atoms with Crippen LogP contribution >= 0.6 is 0 Å². The molecule has 0 aliphatic carbocycles. The maximum Gasteiger partial charge on any atom is 0.262 e. The van der Waals surface area contributed by atoms with Gasteiger partial charge in [0.2, 0.25) is 0 Å². The topological polar surface area (TPSA) is 62.7 Å². The lowest BCUT2D eigenvalue weighted by atomic mass is 10.2. The number of benzene rings is 2. The van der Waals surface area contributed by atoms with Crippen molar-refractivity contribution in [3.63, 3.8) is 0 Å². The average molecular weight is 311 g/mol. The molecule has 23 heavy (non-hydrogen) atoms. The van der Waals surface area contributed by atoms with Crippen LogP contribution < -0.4 is 15.5 Å². The van der Waals surface area contributed by atoms with Crippen LogP contribution in [0, 0.1) is 6.92 Å². The summed E-state index contributed by atoms with van der Waals surface area (Å²) in [5.74, 6) is 0.584. The summed E-state index contributed by atoms with van der Waals surface area (Å²) in [6.07, 6.45) is 1.60. The molecule has 120 valence electrons. The molecule has 0 spiro atoms. The van der Waals surface area contributed by atoms with E-state index in [9.17, 15) is 4.79 Å². The number of hydrazone groups is 1. The van der Waals surface area contributed by atoms with Gasteiger partial charge in [0, 0.05) is 5.69 Å². The van der Waals surface area contributed by atoms with Gasteiger partial charge in [-0.25, -0.2) is 5.43 Å². The first kappa shape index (κ1) is 16.5. The molecule has 1 amide bonds. The predicted octanol–water partition coefficient (Wildman–Crippen LogP) is 2.95. The Morgan fingerprint density at radius 2 is 1.87 bits per heavy atom. The van der Waals surface area contributed by atoms with Gasteiger partial charge in [-0.2, -0.15) is 5.10 Å². The normalized spacial score (nSPS) is 12.0. The molecule has 1 atom stereocenters. The molecule has 5 heteroatoms. The van der Waals surface area contributed by atoms with Gasteiger partial charge in [-0.1, -0.05) is 18.2 Å². The van der Waals surface area contributed by atoms with Gasteiger partial charge in [-0.05, 0) is 55.3 Å². The number of carbonyl (C=O) groups excluding carboxylic acids is 1. The highest BCUT2D eigenvalue weighted by molar-refractivity contribution is 5.86. The molecule has 2 aromatic rings. The number of amides is 1. The number of nitrogens with one attached hydrogen (secondary N) is 2. The summed E-state index contributed by atoms with van der Waals surface area (Å²) in [5.41, 5.74) is 5.45. The summed E-state index contributed by atoms with van der Waals surface area (Å²) < 4.78 is 5.09. The molecule has 0 radical (unpaired) electrons. The van der Waals surface area contributed by atoms with E-state index >= 15 is 0 Å². The van der Waals surface area contributed by atoms with Crippen LogP contribution in [0.2, 0.25) is 0 Å². The number of carbonyl (C=O) groups is 1. The molecular formula is C18H21N3O2. The molecule has 0 heterocycles. The van der Waals surface area contributed by atoms with Crippen molar-refractivity contribution in [2.24, 2.45) is 5.10 Å². The van der Waals surface area contributed by atoms with Crippen molar-refractivity contribution >= 4 is 17.8 Å². The Morgan fingerprint density at radius 1 is 1.17 bits per heavy atom. The summed E-state index contributed by atoms with van der Waals surface area (Å²) in [4.78, 5) is 12.0. The quantitative estimate of drug-likeness (QED) is 0.637. The molecule has 0 aliphatic heterocycles. The number of rotatable bonds is 6. The van der Waals surface area contributed by atoms with E-state index in [1.165, 1.54) is 0 Å². The third kappa shape index (κ3) is 4.85. The summed E-state index contributed by atoms with van der Waals surface area (Å²) >= 11 is 0. The molecule has 0 aliphatic rings. The van der Waals surface area contributed by atoms with Crippen molar-refractivity contribution in [2.45, 2.75) is 19.9 Å². The molecule has 0 aromatic heterocycles. The number of ether oxygens (including phenoxy) is 1. The highest BCUT2D eigenvalue weighted by Gasteiger charge is 2.12. The smallest absolute Gasteiger partial charge is 0.262 e. The van der Waals surface area contributed by atoms with Crippen LogP contribution in [0.15, 0.2) is 53.6 Å². The van der Waals surface area contributed by atoms with Gasteiger partial charge < -0.3 is 10.1 Å². The van der Waals surface area contributed by atoms with Crippen LogP contribution in [0.1, 0.15) is 18.1 Å². The van der Waals surface area contributed by atoms with Crippen molar-refractivity contribution in [1.29, 1.82) is 0 Å². The molecule has 2 rings (SSSR count). The third-order valence-electron chi connectivity index (χ3n) is 3.41. The minimum atomic E-state index is -0.385. The summed E-state index contributed by atoms with van der Waals surface area (Å²) in [6.45, 7) is 3.79. The van der Waals surface area contributed by atoms with Crippen molar-refractivity contribution in [3.8, 4) is 5.75 Å². The SMILES string of the molecule is COc1ccc(C=NNC(=O)C(C)Nc2ccccc2C)cc1. The van der Waals surface area contributed by atoms with E-state index in [1.54, 1.807) is 20.2 Å². The van der Waals surface area contributed by atoms with Crippen molar-refractivity contribution in [3.05, 3.63) is 59.7 Å². The van der Waals surface area contributed by atoms with Crippen LogP contribution in [0.4, 0.5) is 5.69 Å². The van der Waals surface area contributed by atoms with E-state index in [0.717, 1.165) is 22.6 Å². The summed E-state index contributed by atoms with van der Waals surface area (Å²) in [5, 5.41) is 7.15. The van der Waals surface area contributed by atoms with Crippen LogP contribution in [-0.2, 0) is 4.79 Å². The molecule has 1 unspecified atom stereocenters. The zero-order valence-electron chi connectivity index (χ0n) is 13.5. The maximum atomic E-state index is 12.0. The molecule has 5 nitrogen and oxygen atoms in total. The van der Waals surface area contributed by atoms with Crippen molar-refractivity contribution < 1.29 is 9.53 Å². The standard InChI is InChI=1S/C18H21N3O2/c1-13-6-4-5-7-17(13)20-14(2)18(22)21-19-12-15-8-10-16(23-3)11-9-15/h4-12,14,20H,1-3H3,(H,21,22). The van der Waals surface area contributed by atoms with Gasteiger partial charge in [-0.3, -0.25) is 4.79 Å². The molecule has 2 aromatic carbocycles. The van der Waals surface area contributed by atoms with E-state index in [4.69, 9.17) is 4.74 Å². The number of nitrogens with zero attached hydrogens (tertiary/aromatic N) is 1. The minimum absolute atomic E-state index is 0.196. The van der Waals surface area contributed by atoms with Crippen molar-refractivity contribution in [1.82, 2.24) is 5.43 Å². The lowest BCUT2D eigenvalue weighted by Gasteiger charge is -2.15. The second kappa shape index (κ2) is 7.98. The number of hydrogen-bond acceptors (Lipinski definition) is 4. The van der Waals surface area contributed by atoms with Gasteiger partial charge in [-0.15, -0.1) is 0 Å². The third-order valence-corrected chi connectivity index (χ3v) is 3.41. The van der Waals surface area contributed by atoms with Gasteiger partial charge in [0.1, 0.15) is 11.8 Å². The Hall–Kier alpha value is -2.82. The molecule has 0 bridgehead atoms. The Labute approximate surface area is 136 Å². The van der Waals surface area contributed by atoms with E-state index in [-0.39, 0.29) is 11.9 Å². The molecule has 2 N–H and O–H groups in total. The molecule has 0 saturated carbocycles. The Morgan fingerprint density at radius 3 is 2.52 bits per heavy atom. The fourth-order valence-electron chi connectivity index (χ4n) is 1.99. The van der Waals surface area contributed by atoms with Gasteiger partial charge >= 0.3 is 0 Å². The zero-order valence-corrected chi connectivity index (χ0v) is 13.5. The van der Waals surface area contributed by atoms with E-state index in [2.05, 4.69) is 15.8 Å². The van der Waals surface area contributed by atoms with E-state index in [0.29, 0.717) is 0 Å². The highest BCUT2D eigenvalue weighted by Crippen LogP contribution is 2.14. The maximum absolute atomic E-state index is 12.0. The number of aryl methyl sites for hydroxylation is 1. The molecule has 0 saturated heterocycles. The van der Waals surface area contributed by atoms with Gasteiger partial charge in [0.15, 0.2) is 0 Å². The fraction of sp³-hybridized carbons (Fsp3) is 0.222. The lowest BCUT2D eigenvalue weighted by Crippen LogP contribution is -2.35. The van der Waals surface area contributed by atoms with Gasteiger partial charge in [0.05, 0.1) is 13.3 Å². The summed E-state index contributed by atoms with van der Waals surface area (Å²) in [6, 6.07) is 14.9. The average Bonchev–Trinajstić information content (AvgIpc) is 2.57. The second-order valence-corrected chi connectivity index (χ2v) is 5.19. The van der Waals surface area contributed by atoms with Crippen LogP contribution in [-0.4, -0.2) is 25.3 Å². The number of anilines is 1. The van der Waals surface area contributed by atoms with Crippen LogP contribution in [0.25, 0.3) is 0 Å². The number of methoxy groups -OCH3 is 1. The lowest BCUT2D eigenvalue weighted by molar-refractivity contribution is -0.121. The van der Waals surface area contributed by atoms with Gasteiger partial charge in [0.25, 0.3) is 5.91 Å². The second-order valence-electron chi connectivity index (χ2n) is 5.19. The first-order chi connectivity index (χ1) is 11.1. The number of hydrogen-bond donors (Lipinski definition) is 2. The summed E-state index contributed by atoms with van der Waals surface area (Å²) in [7, 11) is 1.62. The first-order valence-corrected chi connectivity index (χ1v) is 7.39. The predicted molar refractivity (Wildman–Crippen MR) is 93.0 cm³/mol. The largest absolute Gasteiger partial charge is 0.497 e. The highest BCUT2D eigenvalue weighted by atomic mass is 16.5. The first-order valence-electron chi connectivity index (χ1n) is 7.39.